The lowest BCUT2D eigenvalue weighted by Crippen LogP contribution is -2.40. The van der Waals surface area contributed by atoms with Crippen molar-refractivity contribution in [2.24, 2.45) is 0 Å². The smallest absolute Gasteiger partial charge is 0.288 e. The number of aromatic nitrogens is 4. The zero-order valence-corrected chi connectivity index (χ0v) is 17.9. The van der Waals surface area contributed by atoms with Gasteiger partial charge in [-0.15, -0.1) is 0 Å². The molecule has 0 aliphatic heterocycles. The first-order valence-corrected chi connectivity index (χ1v) is 9.16. The number of methoxy groups -OCH3 is 3. The van der Waals surface area contributed by atoms with Crippen molar-refractivity contribution in [1.82, 2.24) is 19.5 Å². The van der Waals surface area contributed by atoms with Crippen LogP contribution in [-0.4, -0.2) is 40.8 Å². The van der Waals surface area contributed by atoms with Crippen molar-refractivity contribution < 1.29 is 14.2 Å². The second kappa shape index (κ2) is 7.28. The summed E-state index contributed by atoms with van der Waals surface area (Å²) in [5.41, 5.74) is 7.08. The van der Waals surface area contributed by atoms with Gasteiger partial charge in [0.2, 0.25) is 5.95 Å². The van der Waals surface area contributed by atoms with Gasteiger partial charge < -0.3 is 19.9 Å². The molecule has 0 atom stereocenters. The van der Waals surface area contributed by atoms with E-state index in [1.807, 2.05) is 18.2 Å². The van der Waals surface area contributed by atoms with Gasteiger partial charge >= 0.3 is 0 Å². The normalized spacial score (nSPS) is 11.9. The van der Waals surface area contributed by atoms with Crippen molar-refractivity contribution in [3.8, 4) is 5.75 Å². The Kier molecular flexibility index (Phi) is 5.40. The summed E-state index contributed by atoms with van der Waals surface area (Å²) in [6.07, 6.45) is 0. The highest BCUT2D eigenvalue weighted by Crippen LogP contribution is 2.41. The third kappa shape index (κ3) is 2.85. The van der Waals surface area contributed by atoms with Gasteiger partial charge in [0.15, 0.2) is 15.5 Å². The van der Waals surface area contributed by atoms with E-state index >= 15 is 0 Å². The minimum Gasteiger partial charge on any atom is -0.496 e. The molecule has 1 aromatic carbocycles. The van der Waals surface area contributed by atoms with Crippen LogP contribution in [0.5, 0.6) is 5.75 Å². The quantitative estimate of drug-likeness (QED) is 0.321. The standard InChI is InChI=1S/C15H14Br2ClN5O3/c1-24-8-6-4-5-7(9(8)16)15(25-2,26-3)23-12-10(20-13(23)17)11(18)21-14(19)22-12/h4-6H,1-3H3,(H2,19,21,22). The minimum absolute atomic E-state index is 0.00182. The van der Waals surface area contributed by atoms with Crippen LogP contribution in [0.4, 0.5) is 5.95 Å². The zero-order valence-electron chi connectivity index (χ0n) is 14.0. The molecule has 138 valence electrons. The van der Waals surface area contributed by atoms with Crippen LogP contribution in [0.3, 0.4) is 0 Å². The maximum absolute atomic E-state index is 6.17. The van der Waals surface area contributed by atoms with Crippen LogP contribution in [0, 0.1) is 0 Å². The Hall–Kier alpha value is -1.46. The van der Waals surface area contributed by atoms with E-state index in [1.165, 1.54) is 14.2 Å². The highest BCUT2D eigenvalue weighted by atomic mass is 79.9. The minimum atomic E-state index is -1.44. The first-order valence-electron chi connectivity index (χ1n) is 7.20. The van der Waals surface area contributed by atoms with Crippen molar-refractivity contribution in [3.63, 3.8) is 0 Å². The molecule has 0 radical (unpaired) electrons. The van der Waals surface area contributed by atoms with E-state index in [0.29, 0.717) is 31.7 Å². The summed E-state index contributed by atoms with van der Waals surface area (Å²) >= 11 is 13.1. The molecule has 3 rings (SSSR count). The average molecular weight is 508 g/mol. The van der Waals surface area contributed by atoms with Crippen molar-refractivity contribution in [3.05, 3.63) is 38.1 Å². The summed E-state index contributed by atoms with van der Waals surface area (Å²) in [6, 6.07) is 5.45. The number of rotatable bonds is 5. The van der Waals surface area contributed by atoms with Gasteiger partial charge in [-0.2, -0.15) is 9.97 Å². The average Bonchev–Trinajstić information content (AvgIpc) is 2.95. The summed E-state index contributed by atoms with van der Waals surface area (Å²) in [4.78, 5) is 12.6. The molecule has 0 spiro atoms. The first kappa shape index (κ1) is 19.3. The highest BCUT2D eigenvalue weighted by Gasteiger charge is 2.41. The lowest BCUT2D eigenvalue weighted by atomic mass is 10.1. The number of hydrogen-bond donors (Lipinski definition) is 1. The molecule has 26 heavy (non-hydrogen) atoms. The van der Waals surface area contributed by atoms with E-state index in [1.54, 1.807) is 11.7 Å². The van der Waals surface area contributed by atoms with E-state index in [4.69, 9.17) is 31.5 Å². The van der Waals surface area contributed by atoms with Gasteiger partial charge in [-0.25, -0.2) is 9.55 Å². The molecule has 0 fully saturated rings. The summed E-state index contributed by atoms with van der Waals surface area (Å²) in [5.74, 6) is -0.832. The topological polar surface area (TPSA) is 97.3 Å². The fourth-order valence-electron chi connectivity index (χ4n) is 2.69. The van der Waals surface area contributed by atoms with Crippen LogP contribution in [0.2, 0.25) is 5.15 Å². The number of nitrogens with two attached hydrogens (primary N) is 1. The molecule has 0 saturated heterocycles. The van der Waals surface area contributed by atoms with E-state index in [2.05, 4.69) is 46.8 Å². The predicted molar refractivity (Wildman–Crippen MR) is 104 cm³/mol. The molecule has 0 unspecified atom stereocenters. The first-order chi connectivity index (χ1) is 12.4. The molecule has 2 heterocycles. The summed E-state index contributed by atoms with van der Waals surface area (Å²) < 4.78 is 19.6. The van der Waals surface area contributed by atoms with Crippen molar-refractivity contribution >= 4 is 60.6 Å². The molecule has 2 aromatic heterocycles. The van der Waals surface area contributed by atoms with E-state index in [-0.39, 0.29) is 11.1 Å². The Morgan fingerprint density at radius 2 is 1.81 bits per heavy atom. The largest absolute Gasteiger partial charge is 0.496 e. The lowest BCUT2D eigenvalue weighted by Gasteiger charge is -2.33. The van der Waals surface area contributed by atoms with Crippen LogP contribution < -0.4 is 10.5 Å². The summed E-state index contributed by atoms with van der Waals surface area (Å²) in [7, 11) is 4.57. The van der Waals surface area contributed by atoms with Gasteiger partial charge in [0, 0.05) is 14.2 Å². The Labute approximate surface area is 170 Å². The van der Waals surface area contributed by atoms with Gasteiger partial charge in [0.05, 0.1) is 17.1 Å². The Morgan fingerprint density at radius 3 is 2.42 bits per heavy atom. The van der Waals surface area contributed by atoms with Gasteiger partial charge in [0.1, 0.15) is 11.3 Å². The van der Waals surface area contributed by atoms with E-state index in [9.17, 15) is 0 Å². The second-order valence-corrected chi connectivity index (χ2v) is 6.93. The van der Waals surface area contributed by atoms with E-state index in [0.717, 1.165) is 0 Å². The summed E-state index contributed by atoms with van der Waals surface area (Å²) in [6.45, 7) is 0. The number of halogens is 3. The van der Waals surface area contributed by atoms with Crippen LogP contribution in [0.15, 0.2) is 27.4 Å². The fraction of sp³-hybridized carbons (Fsp3) is 0.267. The maximum atomic E-state index is 6.17. The van der Waals surface area contributed by atoms with Crippen LogP contribution in [-0.2, 0) is 15.4 Å². The zero-order chi connectivity index (χ0) is 19.1. The highest BCUT2D eigenvalue weighted by molar-refractivity contribution is 9.10. The predicted octanol–water partition coefficient (Wildman–Crippen LogP) is 3.55. The molecule has 0 bridgehead atoms. The van der Waals surface area contributed by atoms with Crippen molar-refractivity contribution in [2.45, 2.75) is 5.91 Å². The van der Waals surface area contributed by atoms with Crippen LogP contribution in [0.1, 0.15) is 5.56 Å². The number of nitrogen functional groups attached to an aromatic ring is 1. The number of ether oxygens (including phenoxy) is 3. The molecular formula is C15H14Br2ClN5O3. The number of nitrogens with zero attached hydrogens (tertiary/aromatic N) is 4. The molecule has 0 amide bonds. The third-order valence-electron chi connectivity index (χ3n) is 3.81. The monoisotopic (exact) mass is 505 g/mol. The second-order valence-electron chi connectivity index (χ2n) is 5.07. The fourth-order valence-corrected chi connectivity index (χ4v) is 4.16. The molecule has 8 nitrogen and oxygen atoms in total. The molecule has 0 aliphatic rings. The number of fused-ring (bicyclic) bond motifs is 1. The molecule has 2 N–H and O–H groups in total. The lowest BCUT2D eigenvalue weighted by molar-refractivity contribution is -0.235. The maximum Gasteiger partial charge on any atom is 0.288 e. The Bertz CT molecular complexity index is 978. The van der Waals surface area contributed by atoms with E-state index < -0.39 is 5.91 Å². The number of benzene rings is 1. The Morgan fingerprint density at radius 1 is 1.12 bits per heavy atom. The third-order valence-corrected chi connectivity index (χ3v) is 5.43. The number of anilines is 1. The molecule has 11 heteroatoms. The molecule has 0 aliphatic carbocycles. The SMILES string of the molecule is COc1cccc(C(OC)(OC)n2c(Br)nc3c(Cl)nc(N)nc32)c1Br. The van der Waals surface area contributed by atoms with Gasteiger partial charge in [-0.3, -0.25) is 0 Å². The van der Waals surface area contributed by atoms with Crippen molar-refractivity contribution in [2.75, 3.05) is 27.1 Å². The van der Waals surface area contributed by atoms with Crippen molar-refractivity contribution in [1.29, 1.82) is 0 Å². The van der Waals surface area contributed by atoms with Gasteiger partial charge in [-0.05, 0) is 37.9 Å². The molecule has 0 saturated carbocycles. The van der Waals surface area contributed by atoms with Gasteiger partial charge in [-0.1, -0.05) is 23.7 Å². The Balaban J connectivity index is 2.41. The van der Waals surface area contributed by atoms with Crippen LogP contribution in [0.25, 0.3) is 11.2 Å². The summed E-state index contributed by atoms with van der Waals surface area (Å²) in [5, 5.41) is 0.123. The number of imidazole rings is 1. The molecular weight excluding hydrogens is 493 g/mol. The van der Waals surface area contributed by atoms with Gasteiger partial charge in [0.25, 0.3) is 5.91 Å². The number of hydrogen-bond acceptors (Lipinski definition) is 7. The molecule has 3 aromatic rings. The van der Waals surface area contributed by atoms with Crippen LogP contribution >= 0.6 is 43.5 Å².